The van der Waals surface area contributed by atoms with Gasteiger partial charge < -0.3 is 4.74 Å². The highest BCUT2D eigenvalue weighted by atomic mass is 32.2. The minimum atomic E-state index is -0.929. The van der Waals surface area contributed by atoms with Gasteiger partial charge in [-0.3, -0.25) is 0 Å². The van der Waals surface area contributed by atoms with Crippen LogP contribution in [0.4, 0.5) is 8.78 Å². The molecule has 0 radical (unpaired) electrons. The summed E-state index contributed by atoms with van der Waals surface area (Å²) >= 11 is 1.14. The fourth-order valence-electron chi connectivity index (χ4n) is 3.20. The molecular formula is C24H34F2N2OS. The summed E-state index contributed by atoms with van der Waals surface area (Å²) in [7, 11) is 0. The predicted molar refractivity (Wildman–Crippen MR) is 119 cm³/mol. The molecule has 0 N–H and O–H groups in total. The molecule has 0 spiro atoms. The Labute approximate surface area is 184 Å². The van der Waals surface area contributed by atoms with Crippen molar-refractivity contribution in [3.05, 3.63) is 22.8 Å². The van der Waals surface area contributed by atoms with E-state index in [-0.39, 0.29) is 17.3 Å². The molecule has 0 unspecified atom stereocenters. The molecule has 1 rings (SSSR count). The number of hydrogen-bond donors (Lipinski definition) is 0. The summed E-state index contributed by atoms with van der Waals surface area (Å²) in [6, 6.07) is 3.23. The maximum atomic E-state index is 14.8. The van der Waals surface area contributed by atoms with Crippen LogP contribution in [0.2, 0.25) is 0 Å². The van der Waals surface area contributed by atoms with Crippen LogP contribution in [0.15, 0.2) is 4.90 Å². The van der Waals surface area contributed by atoms with Crippen LogP contribution in [-0.2, 0) is 0 Å². The Morgan fingerprint density at radius 1 is 0.733 bits per heavy atom. The molecule has 30 heavy (non-hydrogen) atoms. The first kappa shape index (κ1) is 26.2. The largest absolute Gasteiger partial charge is 0.489 e. The van der Waals surface area contributed by atoms with E-state index >= 15 is 0 Å². The number of rotatable bonds is 16. The quantitative estimate of drug-likeness (QED) is 0.195. The molecule has 0 aliphatic carbocycles. The molecule has 1 aromatic carbocycles. The summed E-state index contributed by atoms with van der Waals surface area (Å²) in [5.41, 5.74) is -1.12. The standard InChI is InChI=1S/C24H34F2N2OS/c1-3-5-7-8-9-10-11-12-13-14-15-29-23-21(25)19(17-27)20(18-28)22(26)24(23)30-16-6-4-2/h3-16H2,1-2H3. The van der Waals surface area contributed by atoms with E-state index in [0.29, 0.717) is 5.75 Å². The molecule has 0 fully saturated rings. The zero-order valence-corrected chi connectivity index (χ0v) is 19.2. The van der Waals surface area contributed by atoms with Gasteiger partial charge in [0.25, 0.3) is 0 Å². The Kier molecular flexibility index (Phi) is 14.0. The second-order valence-corrected chi connectivity index (χ2v) is 8.60. The number of nitrogens with zero attached hydrogens (tertiary/aromatic N) is 2. The fraction of sp³-hybridized carbons (Fsp3) is 0.667. The summed E-state index contributed by atoms with van der Waals surface area (Å²) in [5, 5.41) is 18.3. The van der Waals surface area contributed by atoms with Gasteiger partial charge in [-0.25, -0.2) is 8.78 Å². The molecule has 0 heterocycles. The average Bonchev–Trinajstić information content (AvgIpc) is 2.75. The van der Waals surface area contributed by atoms with Gasteiger partial charge in [0.1, 0.15) is 23.3 Å². The normalized spacial score (nSPS) is 10.6. The highest BCUT2D eigenvalue weighted by molar-refractivity contribution is 7.99. The van der Waals surface area contributed by atoms with Crippen molar-refractivity contribution in [2.45, 2.75) is 95.8 Å². The van der Waals surface area contributed by atoms with Crippen LogP contribution in [0.25, 0.3) is 0 Å². The highest BCUT2D eigenvalue weighted by Gasteiger charge is 2.26. The van der Waals surface area contributed by atoms with Gasteiger partial charge in [-0.15, -0.1) is 11.8 Å². The number of hydrogen-bond acceptors (Lipinski definition) is 4. The first-order valence-corrected chi connectivity index (χ1v) is 12.2. The number of thioether (sulfide) groups is 1. The van der Waals surface area contributed by atoms with E-state index in [2.05, 4.69) is 6.92 Å². The Balaban J connectivity index is 2.60. The smallest absolute Gasteiger partial charge is 0.185 e. The lowest BCUT2D eigenvalue weighted by atomic mass is 10.1. The lowest BCUT2D eigenvalue weighted by Gasteiger charge is -2.15. The van der Waals surface area contributed by atoms with Gasteiger partial charge in [-0.05, 0) is 18.6 Å². The van der Waals surface area contributed by atoms with Crippen LogP contribution in [0.1, 0.15) is 102 Å². The lowest BCUT2D eigenvalue weighted by molar-refractivity contribution is 0.279. The van der Waals surface area contributed by atoms with Crippen molar-refractivity contribution in [1.29, 1.82) is 10.5 Å². The minimum absolute atomic E-state index is 0.00331. The van der Waals surface area contributed by atoms with E-state index < -0.39 is 22.8 Å². The third-order valence-electron chi connectivity index (χ3n) is 5.01. The van der Waals surface area contributed by atoms with E-state index in [9.17, 15) is 14.0 Å². The Morgan fingerprint density at radius 2 is 1.23 bits per heavy atom. The second kappa shape index (κ2) is 16.0. The molecule has 0 bridgehead atoms. The summed E-state index contributed by atoms with van der Waals surface area (Å²) < 4.78 is 35.2. The van der Waals surface area contributed by atoms with Crippen molar-refractivity contribution in [1.82, 2.24) is 0 Å². The van der Waals surface area contributed by atoms with Crippen molar-refractivity contribution in [2.24, 2.45) is 0 Å². The number of unbranched alkanes of at least 4 members (excludes halogenated alkanes) is 10. The third-order valence-corrected chi connectivity index (χ3v) is 6.15. The molecule has 0 aromatic heterocycles. The van der Waals surface area contributed by atoms with E-state index in [4.69, 9.17) is 10.00 Å². The molecule has 166 valence electrons. The number of ether oxygens (including phenoxy) is 1. The Morgan fingerprint density at radius 3 is 1.77 bits per heavy atom. The SMILES string of the molecule is CCCCCCCCCCCCOc1c(F)c(C#N)c(C#N)c(F)c1SCCCC. The summed E-state index contributed by atoms with van der Waals surface area (Å²) in [4.78, 5) is 0.00331. The molecular weight excluding hydrogens is 402 g/mol. The van der Waals surface area contributed by atoms with Crippen LogP contribution >= 0.6 is 11.8 Å². The lowest BCUT2D eigenvalue weighted by Crippen LogP contribution is -2.07. The van der Waals surface area contributed by atoms with Gasteiger partial charge >= 0.3 is 0 Å². The predicted octanol–water partition coefficient (Wildman–Crippen LogP) is 7.90. The number of benzene rings is 1. The first-order chi connectivity index (χ1) is 14.6. The first-order valence-electron chi connectivity index (χ1n) is 11.2. The van der Waals surface area contributed by atoms with Crippen LogP contribution in [0.3, 0.4) is 0 Å². The molecule has 0 saturated carbocycles. The van der Waals surface area contributed by atoms with Crippen molar-refractivity contribution >= 4 is 11.8 Å². The van der Waals surface area contributed by atoms with Crippen LogP contribution in [-0.4, -0.2) is 12.4 Å². The number of nitriles is 2. The number of halogens is 2. The summed E-state index contributed by atoms with van der Waals surface area (Å²) in [6.07, 6.45) is 13.5. The zero-order valence-electron chi connectivity index (χ0n) is 18.4. The zero-order chi connectivity index (χ0) is 22.2. The highest BCUT2D eigenvalue weighted by Crippen LogP contribution is 2.39. The monoisotopic (exact) mass is 436 g/mol. The molecule has 1 aromatic rings. The van der Waals surface area contributed by atoms with E-state index in [1.165, 1.54) is 44.9 Å². The van der Waals surface area contributed by atoms with Crippen LogP contribution < -0.4 is 4.74 Å². The van der Waals surface area contributed by atoms with Gasteiger partial charge in [0.05, 0.1) is 11.5 Å². The average molecular weight is 437 g/mol. The van der Waals surface area contributed by atoms with Gasteiger partial charge in [0, 0.05) is 0 Å². The summed E-state index contributed by atoms with van der Waals surface area (Å²) in [6.45, 7) is 4.50. The van der Waals surface area contributed by atoms with Crippen molar-refractivity contribution in [2.75, 3.05) is 12.4 Å². The molecule has 0 aliphatic heterocycles. The minimum Gasteiger partial charge on any atom is -0.489 e. The molecule has 0 aliphatic rings. The van der Waals surface area contributed by atoms with E-state index in [0.717, 1.165) is 43.9 Å². The Bertz CT molecular complexity index is 726. The van der Waals surface area contributed by atoms with Crippen LogP contribution in [0.5, 0.6) is 5.75 Å². The third kappa shape index (κ3) is 8.52. The van der Waals surface area contributed by atoms with Gasteiger partial charge in [0.15, 0.2) is 17.4 Å². The molecule has 0 atom stereocenters. The van der Waals surface area contributed by atoms with Crippen molar-refractivity contribution in [3.63, 3.8) is 0 Å². The van der Waals surface area contributed by atoms with E-state index in [1.54, 1.807) is 12.1 Å². The van der Waals surface area contributed by atoms with Crippen LogP contribution in [0, 0.1) is 34.3 Å². The molecule has 0 amide bonds. The van der Waals surface area contributed by atoms with Gasteiger partial charge in [-0.2, -0.15) is 10.5 Å². The topological polar surface area (TPSA) is 56.8 Å². The van der Waals surface area contributed by atoms with Crippen molar-refractivity contribution < 1.29 is 13.5 Å². The van der Waals surface area contributed by atoms with E-state index in [1.807, 2.05) is 6.92 Å². The maximum absolute atomic E-state index is 14.8. The molecule has 0 saturated heterocycles. The fourth-order valence-corrected chi connectivity index (χ4v) is 4.34. The summed E-state index contributed by atoms with van der Waals surface area (Å²) in [5.74, 6) is -1.41. The Hall–Kier alpha value is -1.79. The van der Waals surface area contributed by atoms with Crippen molar-refractivity contribution in [3.8, 4) is 17.9 Å². The molecule has 3 nitrogen and oxygen atoms in total. The maximum Gasteiger partial charge on any atom is 0.185 e. The second-order valence-electron chi connectivity index (χ2n) is 7.49. The molecule has 6 heteroatoms. The van der Waals surface area contributed by atoms with Gasteiger partial charge in [-0.1, -0.05) is 78.1 Å². The van der Waals surface area contributed by atoms with Gasteiger partial charge in [0.2, 0.25) is 0 Å².